The maximum atomic E-state index is 5.92. The molecule has 102 valence electrons. The van der Waals surface area contributed by atoms with Gasteiger partial charge in [0.15, 0.2) is 0 Å². The van der Waals surface area contributed by atoms with Crippen LogP contribution in [0, 0.1) is 0 Å². The first-order valence-corrected chi connectivity index (χ1v) is 7.03. The Morgan fingerprint density at radius 1 is 1.15 bits per heavy atom. The van der Waals surface area contributed by atoms with Crippen LogP contribution in [0.5, 0.6) is 0 Å². The molecule has 0 unspecified atom stereocenters. The highest BCUT2D eigenvalue weighted by atomic mass is 35.5. The highest BCUT2D eigenvalue weighted by Gasteiger charge is 2.08. The molecule has 1 aromatic carbocycles. The highest BCUT2D eigenvalue weighted by Crippen LogP contribution is 2.21. The van der Waals surface area contributed by atoms with Gasteiger partial charge in [-0.15, -0.1) is 0 Å². The van der Waals surface area contributed by atoms with Gasteiger partial charge in [0.05, 0.1) is 0 Å². The van der Waals surface area contributed by atoms with E-state index >= 15 is 0 Å². The Hall–Kier alpha value is -1.84. The molecule has 4 heteroatoms. The Morgan fingerprint density at radius 3 is 2.70 bits per heavy atom. The van der Waals surface area contributed by atoms with Crippen molar-refractivity contribution in [2.75, 3.05) is 6.54 Å². The summed E-state index contributed by atoms with van der Waals surface area (Å²) in [4.78, 5) is 4.49. The van der Waals surface area contributed by atoms with Crippen LogP contribution in [-0.2, 0) is 13.0 Å². The molecular formula is C16H16ClN3. The molecule has 0 fully saturated rings. The summed E-state index contributed by atoms with van der Waals surface area (Å²) in [5.41, 5.74) is 9.15. The first-order valence-electron chi connectivity index (χ1n) is 6.65. The molecule has 2 N–H and O–H groups in total. The molecule has 0 saturated heterocycles. The molecule has 0 spiro atoms. The van der Waals surface area contributed by atoms with Gasteiger partial charge in [0.25, 0.3) is 0 Å². The molecule has 0 aliphatic carbocycles. The molecule has 2 heterocycles. The average molecular weight is 286 g/mol. The fourth-order valence-electron chi connectivity index (χ4n) is 2.46. The van der Waals surface area contributed by atoms with Crippen LogP contribution in [-0.4, -0.2) is 16.1 Å². The molecule has 20 heavy (non-hydrogen) atoms. The largest absolute Gasteiger partial charge is 0.330 e. The monoisotopic (exact) mass is 285 g/mol. The number of aromatic nitrogens is 2. The number of fused-ring (bicyclic) bond motifs is 1. The van der Waals surface area contributed by atoms with Crippen molar-refractivity contribution in [1.29, 1.82) is 0 Å². The number of rotatable bonds is 4. The normalized spacial score (nSPS) is 11.1. The third kappa shape index (κ3) is 2.55. The second kappa shape index (κ2) is 5.65. The molecule has 0 aliphatic rings. The number of halogens is 1. The summed E-state index contributed by atoms with van der Waals surface area (Å²) in [7, 11) is 0. The van der Waals surface area contributed by atoms with Crippen LogP contribution in [0.3, 0.4) is 0 Å². The predicted octanol–water partition coefficient (Wildman–Crippen LogP) is 3.24. The zero-order valence-corrected chi connectivity index (χ0v) is 11.8. The standard InChI is InChI=1S/C16H16ClN3/c17-14-5-3-12(4-6-14)10-20-11-13(7-8-18)15-2-1-9-19-16(15)20/h1-6,9,11H,7-8,10,18H2. The van der Waals surface area contributed by atoms with Crippen molar-refractivity contribution < 1.29 is 0 Å². The van der Waals surface area contributed by atoms with Gasteiger partial charge in [0, 0.05) is 29.3 Å². The third-order valence-corrected chi connectivity index (χ3v) is 3.65. The fourth-order valence-corrected chi connectivity index (χ4v) is 2.58. The molecule has 3 nitrogen and oxygen atoms in total. The number of nitrogens with zero attached hydrogens (tertiary/aromatic N) is 2. The minimum atomic E-state index is 0.648. The van der Waals surface area contributed by atoms with Gasteiger partial charge in [-0.1, -0.05) is 23.7 Å². The van der Waals surface area contributed by atoms with Crippen LogP contribution >= 0.6 is 11.6 Å². The summed E-state index contributed by atoms with van der Waals surface area (Å²) >= 11 is 5.92. The van der Waals surface area contributed by atoms with E-state index in [2.05, 4.69) is 21.8 Å². The Balaban J connectivity index is 2.00. The van der Waals surface area contributed by atoms with Crippen LogP contribution in [0.1, 0.15) is 11.1 Å². The van der Waals surface area contributed by atoms with E-state index in [0.717, 1.165) is 23.6 Å². The number of nitrogens with two attached hydrogens (primary N) is 1. The van der Waals surface area contributed by atoms with E-state index in [9.17, 15) is 0 Å². The van der Waals surface area contributed by atoms with E-state index in [0.29, 0.717) is 6.54 Å². The van der Waals surface area contributed by atoms with Crippen molar-refractivity contribution >= 4 is 22.6 Å². The van der Waals surface area contributed by atoms with E-state index in [-0.39, 0.29) is 0 Å². The molecule has 2 aromatic heterocycles. The fraction of sp³-hybridized carbons (Fsp3) is 0.188. The third-order valence-electron chi connectivity index (χ3n) is 3.40. The molecular weight excluding hydrogens is 270 g/mol. The maximum Gasteiger partial charge on any atom is 0.140 e. The molecule has 0 aliphatic heterocycles. The summed E-state index contributed by atoms with van der Waals surface area (Å²) < 4.78 is 2.17. The van der Waals surface area contributed by atoms with Gasteiger partial charge in [0.1, 0.15) is 5.65 Å². The lowest BCUT2D eigenvalue weighted by Crippen LogP contribution is -2.02. The van der Waals surface area contributed by atoms with Crippen molar-refractivity contribution in [3.63, 3.8) is 0 Å². The van der Waals surface area contributed by atoms with Crippen molar-refractivity contribution in [2.24, 2.45) is 5.73 Å². The van der Waals surface area contributed by atoms with Gasteiger partial charge in [-0.2, -0.15) is 0 Å². The Labute approximate surface area is 123 Å². The lowest BCUT2D eigenvalue weighted by Gasteiger charge is -2.04. The smallest absolute Gasteiger partial charge is 0.140 e. The van der Waals surface area contributed by atoms with Gasteiger partial charge < -0.3 is 10.3 Å². The number of pyridine rings is 1. The molecule has 0 bridgehead atoms. The highest BCUT2D eigenvalue weighted by molar-refractivity contribution is 6.30. The van der Waals surface area contributed by atoms with Crippen LogP contribution in [0.4, 0.5) is 0 Å². The molecule has 3 aromatic rings. The van der Waals surface area contributed by atoms with Crippen LogP contribution in [0.15, 0.2) is 48.8 Å². The molecule has 0 radical (unpaired) electrons. The van der Waals surface area contributed by atoms with Crippen LogP contribution in [0.2, 0.25) is 5.02 Å². The van der Waals surface area contributed by atoms with Crippen LogP contribution in [0.25, 0.3) is 11.0 Å². The first kappa shape index (κ1) is 13.2. The maximum absolute atomic E-state index is 5.92. The summed E-state index contributed by atoms with van der Waals surface area (Å²) in [5.74, 6) is 0. The van der Waals surface area contributed by atoms with Gasteiger partial charge >= 0.3 is 0 Å². The summed E-state index contributed by atoms with van der Waals surface area (Å²) in [6.45, 7) is 1.43. The zero-order valence-electron chi connectivity index (χ0n) is 11.1. The van der Waals surface area contributed by atoms with Gasteiger partial charge in [-0.25, -0.2) is 4.98 Å². The Kier molecular flexibility index (Phi) is 3.72. The molecule has 0 saturated carbocycles. The van der Waals surface area contributed by atoms with Crippen LogP contribution < -0.4 is 5.73 Å². The molecule has 3 rings (SSSR count). The average Bonchev–Trinajstić information content (AvgIpc) is 2.81. The van der Waals surface area contributed by atoms with E-state index < -0.39 is 0 Å². The van der Waals surface area contributed by atoms with Gasteiger partial charge in [-0.05, 0) is 48.4 Å². The van der Waals surface area contributed by atoms with Crippen molar-refractivity contribution in [2.45, 2.75) is 13.0 Å². The second-order valence-corrected chi connectivity index (χ2v) is 5.26. The first-order chi connectivity index (χ1) is 9.78. The second-order valence-electron chi connectivity index (χ2n) is 4.82. The Morgan fingerprint density at radius 2 is 1.95 bits per heavy atom. The van der Waals surface area contributed by atoms with E-state index in [1.807, 2.05) is 36.5 Å². The van der Waals surface area contributed by atoms with Gasteiger partial charge in [0.2, 0.25) is 0 Å². The van der Waals surface area contributed by atoms with Gasteiger partial charge in [-0.3, -0.25) is 0 Å². The zero-order chi connectivity index (χ0) is 13.9. The minimum absolute atomic E-state index is 0.648. The quantitative estimate of drug-likeness (QED) is 0.800. The number of hydrogen-bond acceptors (Lipinski definition) is 2. The number of benzene rings is 1. The van der Waals surface area contributed by atoms with Crippen molar-refractivity contribution in [3.05, 3.63) is 64.9 Å². The SMILES string of the molecule is NCCc1cn(Cc2ccc(Cl)cc2)c2ncccc12. The topological polar surface area (TPSA) is 43.8 Å². The summed E-state index contributed by atoms with van der Waals surface area (Å²) in [6.07, 6.45) is 4.85. The van der Waals surface area contributed by atoms with E-state index in [1.54, 1.807) is 0 Å². The predicted molar refractivity (Wildman–Crippen MR) is 83.0 cm³/mol. The Bertz CT molecular complexity index is 716. The van der Waals surface area contributed by atoms with E-state index in [4.69, 9.17) is 17.3 Å². The van der Waals surface area contributed by atoms with Crippen molar-refractivity contribution in [3.8, 4) is 0 Å². The van der Waals surface area contributed by atoms with Crippen molar-refractivity contribution in [1.82, 2.24) is 9.55 Å². The van der Waals surface area contributed by atoms with E-state index in [1.165, 1.54) is 16.5 Å². The molecule has 0 amide bonds. The molecule has 0 atom stereocenters. The summed E-state index contributed by atoms with van der Waals surface area (Å²) in [5, 5.41) is 1.94. The lowest BCUT2D eigenvalue weighted by atomic mass is 10.2. The summed E-state index contributed by atoms with van der Waals surface area (Å²) in [6, 6.07) is 12.0. The lowest BCUT2D eigenvalue weighted by molar-refractivity contribution is 0.817. The number of hydrogen-bond donors (Lipinski definition) is 1. The minimum Gasteiger partial charge on any atom is -0.330 e.